The predicted octanol–water partition coefficient (Wildman–Crippen LogP) is 3.26. The highest BCUT2D eigenvalue weighted by Crippen LogP contribution is 2.22. The Balaban J connectivity index is 1.82. The third-order valence-electron chi connectivity index (χ3n) is 4.22. The van der Waals surface area contributed by atoms with E-state index in [9.17, 15) is 4.79 Å². The van der Waals surface area contributed by atoms with E-state index in [4.69, 9.17) is 10.2 Å². The number of furan rings is 1. The van der Waals surface area contributed by atoms with E-state index < -0.39 is 0 Å². The lowest BCUT2D eigenvalue weighted by Gasteiger charge is -2.14. The van der Waals surface area contributed by atoms with E-state index in [0.717, 1.165) is 24.1 Å². The molecule has 0 unspecified atom stereocenters. The number of aliphatic imine (C=N–C) groups is 1. The number of carbonyl (C=O) groups is 1. The lowest BCUT2D eigenvalue weighted by molar-refractivity contribution is 0.0925. The quantitative estimate of drug-likeness (QED) is 0.384. The van der Waals surface area contributed by atoms with Crippen molar-refractivity contribution in [3.63, 3.8) is 0 Å². The molecular formula is C20H28N4O2. The van der Waals surface area contributed by atoms with Crippen molar-refractivity contribution in [2.24, 2.45) is 10.7 Å². The van der Waals surface area contributed by atoms with Gasteiger partial charge < -0.3 is 20.8 Å². The molecule has 140 valence electrons. The Kier molecular flexibility index (Phi) is 7.26. The van der Waals surface area contributed by atoms with E-state index in [1.54, 1.807) is 6.07 Å². The number of hydrogen-bond donors (Lipinski definition) is 3. The van der Waals surface area contributed by atoms with Crippen LogP contribution in [0.1, 0.15) is 47.5 Å². The molecule has 0 radical (unpaired) electrons. The van der Waals surface area contributed by atoms with Crippen molar-refractivity contribution in [3.8, 4) is 0 Å². The zero-order valence-corrected chi connectivity index (χ0v) is 15.8. The molecule has 2 aromatic rings. The Morgan fingerprint density at radius 1 is 1.19 bits per heavy atom. The van der Waals surface area contributed by atoms with E-state index >= 15 is 0 Å². The topological polar surface area (TPSA) is 92.6 Å². The SMILES string of the molecule is CCc1cccc(CC)c1NC(N)=NCCCNC(=O)c1occc1C. The zero-order chi connectivity index (χ0) is 18.9. The Morgan fingerprint density at radius 2 is 1.88 bits per heavy atom. The third kappa shape index (κ3) is 5.12. The first kappa shape index (κ1) is 19.6. The summed E-state index contributed by atoms with van der Waals surface area (Å²) in [6, 6.07) is 8.03. The normalized spacial score (nSPS) is 11.4. The van der Waals surface area contributed by atoms with Crippen LogP contribution in [0.2, 0.25) is 0 Å². The van der Waals surface area contributed by atoms with Crippen molar-refractivity contribution in [3.05, 3.63) is 53.0 Å². The number of para-hydroxylation sites is 1. The number of aryl methyl sites for hydroxylation is 3. The van der Waals surface area contributed by atoms with Gasteiger partial charge in [-0.25, -0.2) is 0 Å². The van der Waals surface area contributed by atoms with Crippen LogP contribution in [0.5, 0.6) is 0 Å². The summed E-state index contributed by atoms with van der Waals surface area (Å²) in [5.41, 5.74) is 10.4. The van der Waals surface area contributed by atoms with Gasteiger partial charge in [0, 0.05) is 24.3 Å². The second-order valence-corrected chi connectivity index (χ2v) is 6.09. The summed E-state index contributed by atoms with van der Waals surface area (Å²) in [6.45, 7) is 7.13. The highest BCUT2D eigenvalue weighted by Gasteiger charge is 2.11. The molecular weight excluding hydrogens is 328 g/mol. The molecule has 0 saturated carbocycles. The van der Waals surface area contributed by atoms with Crippen LogP contribution in [0.3, 0.4) is 0 Å². The number of nitrogens with one attached hydrogen (secondary N) is 2. The molecule has 0 spiro atoms. The first-order valence-corrected chi connectivity index (χ1v) is 9.06. The van der Waals surface area contributed by atoms with Gasteiger partial charge in [0.15, 0.2) is 11.7 Å². The number of hydrogen-bond acceptors (Lipinski definition) is 3. The van der Waals surface area contributed by atoms with Crippen LogP contribution >= 0.6 is 0 Å². The molecule has 0 bridgehead atoms. The van der Waals surface area contributed by atoms with E-state index in [0.29, 0.717) is 31.2 Å². The fraction of sp³-hybridized carbons (Fsp3) is 0.400. The summed E-state index contributed by atoms with van der Waals surface area (Å²) >= 11 is 0. The molecule has 0 saturated heterocycles. The molecule has 0 aliphatic rings. The smallest absolute Gasteiger partial charge is 0.287 e. The first-order valence-electron chi connectivity index (χ1n) is 9.06. The van der Waals surface area contributed by atoms with Gasteiger partial charge in [0.05, 0.1) is 6.26 Å². The molecule has 6 heteroatoms. The van der Waals surface area contributed by atoms with Crippen LogP contribution < -0.4 is 16.4 Å². The van der Waals surface area contributed by atoms with Crippen LogP contribution in [0.4, 0.5) is 5.69 Å². The predicted molar refractivity (Wildman–Crippen MR) is 106 cm³/mol. The van der Waals surface area contributed by atoms with Crippen molar-refractivity contribution in [2.75, 3.05) is 18.4 Å². The van der Waals surface area contributed by atoms with Gasteiger partial charge in [-0.15, -0.1) is 0 Å². The Morgan fingerprint density at radius 3 is 2.46 bits per heavy atom. The third-order valence-corrected chi connectivity index (χ3v) is 4.22. The van der Waals surface area contributed by atoms with Crippen LogP contribution in [-0.2, 0) is 12.8 Å². The van der Waals surface area contributed by atoms with Crippen molar-refractivity contribution in [1.29, 1.82) is 0 Å². The molecule has 4 N–H and O–H groups in total. The molecule has 2 rings (SSSR count). The lowest BCUT2D eigenvalue weighted by Crippen LogP contribution is -2.26. The van der Waals surface area contributed by atoms with Crippen molar-refractivity contribution in [1.82, 2.24) is 5.32 Å². The van der Waals surface area contributed by atoms with E-state index in [1.807, 2.05) is 6.92 Å². The maximum absolute atomic E-state index is 11.9. The highest BCUT2D eigenvalue weighted by atomic mass is 16.3. The summed E-state index contributed by atoms with van der Waals surface area (Å²) in [7, 11) is 0. The van der Waals surface area contributed by atoms with Crippen LogP contribution in [0.15, 0.2) is 39.9 Å². The minimum Gasteiger partial charge on any atom is -0.459 e. The van der Waals surface area contributed by atoms with Crippen LogP contribution in [0.25, 0.3) is 0 Å². The number of anilines is 1. The van der Waals surface area contributed by atoms with Gasteiger partial charge in [0.1, 0.15) is 0 Å². The number of benzene rings is 1. The van der Waals surface area contributed by atoms with Crippen molar-refractivity contribution >= 4 is 17.6 Å². The minimum atomic E-state index is -0.202. The summed E-state index contributed by atoms with van der Waals surface area (Å²) in [5.74, 6) is 0.554. The number of rotatable bonds is 8. The number of amides is 1. The van der Waals surface area contributed by atoms with E-state index in [1.165, 1.54) is 17.4 Å². The number of carbonyl (C=O) groups excluding carboxylic acids is 1. The first-order chi connectivity index (χ1) is 12.6. The Bertz CT molecular complexity index is 743. The number of nitrogens with zero attached hydrogens (tertiary/aromatic N) is 1. The van der Waals surface area contributed by atoms with E-state index in [2.05, 4.69) is 47.7 Å². The Hall–Kier alpha value is -2.76. The molecule has 1 aromatic heterocycles. The van der Waals surface area contributed by atoms with Gasteiger partial charge in [-0.3, -0.25) is 9.79 Å². The van der Waals surface area contributed by atoms with E-state index in [-0.39, 0.29) is 5.91 Å². The van der Waals surface area contributed by atoms with Crippen molar-refractivity contribution in [2.45, 2.75) is 40.0 Å². The van der Waals surface area contributed by atoms with Gasteiger partial charge in [-0.2, -0.15) is 0 Å². The highest BCUT2D eigenvalue weighted by molar-refractivity contribution is 5.94. The van der Waals surface area contributed by atoms with Gasteiger partial charge >= 0.3 is 0 Å². The van der Waals surface area contributed by atoms with Gasteiger partial charge in [0.2, 0.25) is 0 Å². The lowest BCUT2D eigenvalue weighted by atomic mass is 10.0. The molecule has 0 aliphatic carbocycles. The second kappa shape index (κ2) is 9.65. The largest absolute Gasteiger partial charge is 0.459 e. The zero-order valence-electron chi connectivity index (χ0n) is 15.8. The number of nitrogens with two attached hydrogens (primary N) is 1. The maximum Gasteiger partial charge on any atom is 0.287 e. The maximum atomic E-state index is 11.9. The summed E-state index contributed by atoms with van der Waals surface area (Å²) in [5, 5.41) is 6.06. The molecule has 0 aliphatic heterocycles. The van der Waals surface area contributed by atoms with Crippen molar-refractivity contribution < 1.29 is 9.21 Å². The average molecular weight is 356 g/mol. The fourth-order valence-electron chi connectivity index (χ4n) is 2.74. The molecule has 1 heterocycles. The minimum absolute atomic E-state index is 0.202. The summed E-state index contributed by atoms with van der Waals surface area (Å²) < 4.78 is 5.16. The summed E-state index contributed by atoms with van der Waals surface area (Å²) in [6.07, 6.45) is 4.08. The molecule has 26 heavy (non-hydrogen) atoms. The molecule has 1 aromatic carbocycles. The monoisotopic (exact) mass is 356 g/mol. The van der Waals surface area contributed by atoms with Gasteiger partial charge in [-0.05, 0) is 43.4 Å². The second-order valence-electron chi connectivity index (χ2n) is 6.09. The fourth-order valence-corrected chi connectivity index (χ4v) is 2.74. The molecule has 0 fully saturated rings. The Labute approximate surface area is 154 Å². The molecule has 6 nitrogen and oxygen atoms in total. The van der Waals surface area contributed by atoms with Gasteiger partial charge in [0.25, 0.3) is 5.91 Å². The average Bonchev–Trinajstić information content (AvgIpc) is 3.07. The standard InChI is InChI=1S/C20H28N4O2/c1-4-15-8-6-9-16(5-2)17(15)24-20(21)23-12-7-11-22-19(25)18-14(3)10-13-26-18/h6,8-10,13H,4-5,7,11-12H2,1-3H3,(H,22,25)(H3,21,23,24). The summed E-state index contributed by atoms with van der Waals surface area (Å²) in [4.78, 5) is 16.3. The van der Waals surface area contributed by atoms with Crippen LogP contribution in [-0.4, -0.2) is 25.0 Å². The van der Waals surface area contributed by atoms with Gasteiger partial charge in [-0.1, -0.05) is 32.0 Å². The van der Waals surface area contributed by atoms with Crippen LogP contribution in [0, 0.1) is 6.92 Å². The molecule has 1 amide bonds. The molecule has 0 atom stereocenters. The number of guanidine groups is 1.